The zero-order valence-electron chi connectivity index (χ0n) is 16.9. The van der Waals surface area contributed by atoms with E-state index in [4.69, 9.17) is 4.74 Å². The van der Waals surface area contributed by atoms with Gasteiger partial charge in [0, 0.05) is 52.1 Å². The third-order valence-electron chi connectivity index (χ3n) is 5.04. The van der Waals surface area contributed by atoms with Gasteiger partial charge in [0.05, 0.1) is 13.2 Å². The summed E-state index contributed by atoms with van der Waals surface area (Å²) >= 11 is 0. The van der Waals surface area contributed by atoms with E-state index >= 15 is 0 Å². The molecule has 1 atom stereocenters. The summed E-state index contributed by atoms with van der Waals surface area (Å²) in [6.45, 7) is 4.35. The second-order valence-electron chi connectivity index (χ2n) is 7.14. The smallest absolute Gasteiger partial charge is 0.193 e. The molecule has 0 radical (unpaired) electrons. The number of nitrogens with one attached hydrogen (secondary N) is 1. The van der Waals surface area contributed by atoms with Gasteiger partial charge in [-0.2, -0.15) is 0 Å². The number of imidazole rings is 1. The first kappa shape index (κ1) is 22.7. The molecule has 154 valence electrons. The van der Waals surface area contributed by atoms with Crippen molar-refractivity contribution in [1.29, 1.82) is 0 Å². The lowest BCUT2D eigenvalue weighted by Gasteiger charge is -2.24. The largest absolute Gasteiger partial charge is 0.381 e. The molecule has 28 heavy (non-hydrogen) atoms. The molecule has 0 aliphatic carbocycles. The van der Waals surface area contributed by atoms with Crippen LogP contribution in [-0.2, 0) is 24.2 Å². The molecule has 1 unspecified atom stereocenters. The number of hydrogen-bond acceptors (Lipinski definition) is 3. The number of rotatable bonds is 8. The Kier molecular flexibility index (Phi) is 9.77. The number of aryl methyl sites for hydroxylation is 2. The summed E-state index contributed by atoms with van der Waals surface area (Å²) < 4.78 is 7.71. The molecule has 0 amide bonds. The van der Waals surface area contributed by atoms with Gasteiger partial charge in [0.1, 0.15) is 5.82 Å². The Hall–Kier alpha value is -1.61. The number of benzene rings is 1. The lowest BCUT2D eigenvalue weighted by atomic mass is 10.1. The van der Waals surface area contributed by atoms with Crippen molar-refractivity contribution in [3.63, 3.8) is 0 Å². The van der Waals surface area contributed by atoms with Crippen LogP contribution >= 0.6 is 24.0 Å². The molecule has 1 fully saturated rings. The molecule has 2 aromatic rings. The molecule has 7 heteroatoms. The van der Waals surface area contributed by atoms with Gasteiger partial charge in [-0.15, -0.1) is 24.0 Å². The first-order chi connectivity index (χ1) is 13.3. The summed E-state index contributed by atoms with van der Waals surface area (Å²) in [4.78, 5) is 11.1. The molecule has 3 rings (SSSR count). The fourth-order valence-electron chi connectivity index (χ4n) is 3.55. The molecule has 1 aliphatic rings. The topological polar surface area (TPSA) is 54.7 Å². The second-order valence-corrected chi connectivity index (χ2v) is 7.14. The Morgan fingerprint density at radius 2 is 2.18 bits per heavy atom. The Labute approximate surface area is 185 Å². The van der Waals surface area contributed by atoms with Gasteiger partial charge in [-0.05, 0) is 24.8 Å². The Morgan fingerprint density at radius 3 is 2.89 bits per heavy atom. The normalized spacial score (nSPS) is 16.6. The highest BCUT2D eigenvalue weighted by atomic mass is 127. The van der Waals surface area contributed by atoms with E-state index in [1.165, 1.54) is 5.56 Å². The number of aliphatic imine (C=N–C) groups is 1. The van der Waals surface area contributed by atoms with Crippen LogP contribution in [0.3, 0.4) is 0 Å². The molecule has 0 bridgehead atoms. The first-order valence-corrected chi connectivity index (χ1v) is 9.79. The van der Waals surface area contributed by atoms with E-state index in [0.29, 0.717) is 12.5 Å². The zero-order valence-corrected chi connectivity index (χ0v) is 19.2. The minimum Gasteiger partial charge on any atom is -0.381 e. The maximum atomic E-state index is 5.48. The highest BCUT2D eigenvalue weighted by Crippen LogP contribution is 2.13. The third-order valence-corrected chi connectivity index (χ3v) is 5.04. The second kappa shape index (κ2) is 12.1. The lowest BCUT2D eigenvalue weighted by molar-refractivity contribution is 0.181. The molecular formula is C21H32IN5O. The number of ether oxygens (including phenoxy) is 1. The van der Waals surface area contributed by atoms with Gasteiger partial charge < -0.3 is 19.5 Å². The quantitative estimate of drug-likeness (QED) is 0.346. The van der Waals surface area contributed by atoms with Gasteiger partial charge in [0.2, 0.25) is 0 Å². The van der Waals surface area contributed by atoms with Crippen LogP contribution in [-0.4, -0.2) is 54.3 Å². The fraction of sp³-hybridized carbons (Fsp3) is 0.524. The highest BCUT2D eigenvalue weighted by Gasteiger charge is 2.19. The molecular weight excluding hydrogens is 465 g/mol. The third kappa shape index (κ3) is 6.77. The van der Waals surface area contributed by atoms with Crippen LogP contribution in [0.15, 0.2) is 47.7 Å². The van der Waals surface area contributed by atoms with Gasteiger partial charge in [-0.1, -0.05) is 30.3 Å². The molecule has 6 nitrogen and oxygen atoms in total. The predicted octanol–water partition coefficient (Wildman–Crippen LogP) is 3.18. The molecule has 1 saturated heterocycles. The average Bonchev–Trinajstić information content (AvgIpc) is 3.35. The van der Waals surface area contributed by atoms with Crippen molar-refractivity contribution >= 4 is 29.9 Å². The molecule has 1 N–H and O–H groups in total. The fourth-order valence-corrected chi connectivity index (χ4v) is 3.55. The van der Waals surface area contributed by atoms with Crippen LogP contribution in [0, 0.1) is 5.92 Å². The van der Waals surface area contributed by atoms with Crippen molar-refractivity contribution in [2.75, 3.05) is 33.9 Å². The van der Waals surface area contributed by atoms with Gasteiger partial charge in [-0.25, -0.2) is 4.98 Å². The van der Waals surface area contributed by atoms with Crippen molar-refractivity contribution in [3.05, 3.63) is 54.1 Å². The van der Waals surface area contributed by atoms with Gasteiger partial charge in [0.15, 0.2) is 5.96 Å². The number of aromatic nitrogens is 2. The predicted molar refractivity (Wildman–Crippen MR) is 124 cm³/mol. The van der Waals surface area contributed by atoms with E-state index in [-0.39, 0.29) is 24.0 Å². The first-order valence-electron chi connectivity index (χ1n) is 9.79. The van der Waals surface area contributed by atoms with Gasteiger partial charge >= 0.3 is 0 Å². The van der Waals surface area contributed by atoms with E-state index in [1.54, 1.807) is 0 Å². The molecule has 1 aliphatic heterocycles. The van der Waals surface area contributed by atoms with Crippen molar-refractivity contribution < 1.29 is 4.74 Å². The van der Waals surface area contributed by atoms with E-state index < -0.39 is 0 Å². The van der Waals surface area contributed by atoms with E-state index in [2.05, 4.69) is 68.3 Å². The van der Waals surface area contributed by atoms with Crippen molar-refractivity contribution in [2.24, 2.45) is 10.9 Å². The summed E-state index contributed by atoms with van der Waals surface area (Å²) in [6, 6.07) is 10.6. The molecule has 1 aromatic heterocycles. The van der Waals surface area contributed by atoms with Crippen molar-refractivity contribution in [3.8, 4) is 0 Å². The lowest BCUT2D eigenvalue weighted by Crippen LogP contribution is -2.41. The number of halogens is 1. The Bertz CT molecular complexity index is 713. The SMILES string of the molecule is CN=C(NCc1nccn1CCCc1ccccc1)N(C)CC1CCOC1.I. The summed E-state index contributed by atoms with van der Waals surface area (Å²) in [5, 5.41) is 3.45. The van der Waals surface area contributed by atoms with E-state index in [0.717, 1.165) is 57.3 Å². The maximum Gasteiger partial charge on any atom is 0.193 e. The molecule has 1 aromatic carbocycles. The van der Waals surface area contributed by atoms with E-state index in [1.807, 2.05) is 13.2 Å². The number of nitrogens with zero attached hydrogens (tertiary/aromatic N) is 4. The molecule has 0 saturated carbocycles. The summed E-state index contributed by atoms with van der Waals surface area (Å²) in [6.07, 6.45) is 7.25. The summed E-state index contributed by atoms with van der Waals surface area (Å²) in [7, 11) is 3.91. The van der Waals surface area contributed by atoms with Crippen molar-refractivity contribution in [1.82, 2.24) is 19.8 Å². The standard InChI is InChI=1S/C21H31N5O.HI/c1-22-21(25(2)16-19-10-14-27-17-19)24-15-20-23-11-13-26(20)12-6-9-18-7-4-3-5-8-18;/h3-5,7-8,11,13,19H,6,9-10,12,14-17H2,1-2H3,(H,22,24);1H. The maximum absolute atomic E-state index is 5.48. The molecule has 2 heterocycles. The summed E-state index contributed by atoms with van der Waals surface area (Å²) in [5.74, 6) is 2.54. The van der Waals surface area contributed by atoms with Crippen LogP contribution in [0.4, 0.5) is 0 Å². The zero-order chi connectivity index (χ0) is 18.9. The number of guanidine groups is 1. The van der Waals surface area contributed by atoms with E-state index in [9.17, 15) is 0 Å². The van der Waals surface area contributed by atoms with Crippen molar-refractivity contribution in [2.45, 2.75) is 32.4 Å². The van der Waals surface area contributed by atoms with Crippen LogP contribution in [0.5, 0.6) is 0 Å². The van der Waals surface area contributed by atoms with Gasteiger partial charge in [0.25, 0.3) is 0 Å². The minimum absolute atomic E-state index is 0. The van der Waals surface area contributed by atoms with Crippen LogP contribution in [0.2, 0.25) is 0 Å². The Balaban J connectivity index is 0.00000280. The van der Waals surface area contributed by atoms with Crippen LogP contribution in [0.1, 0.15) is 24.2 Å². The monoisotopic (exact) mass is 497 g/mol. The highest BCUT2D eigenvalue weighted by molar-refractivity contribution is 14.0. The minimum atomic E-state index is 0. The average molecular weight is 497 g/mol. The summed E-state index contributed by atoms with van der Waals surface area (Å²) in [5.41, 5.74) is 1.38. The Morgan fingerprint density at radius 1 is 1.36 bits per heavy atom. The van der Waals surface area contributed by atoms with Gasteiger partial charge in [-0.3, -0.25) is 4.99 Å². The van der Waals surface area contributed by atoms with Crippen LogP contribution < -0.4 is 5.32 Å². The number of hydrogen-bond donors (Lipinski definition) is 1. The van der Waals surface area contributed by atoms with Crippen LogP contribution in [0.25, 0.3) is 0 Å². The molecule has 0 spiro atoms.